The Morgan fingerprint density at radius 2 is 1.81 bits per heavy atom. The minimum absolute atomic E-state index is 0.117. The molecule has 16 heavy (non-hydrogen) atoms. The van der Waals surface area contributed by atoms with Crippen molar-refractivity contribution in [3.63, 3.8) is 0 Å². The fourth-order valence-corrected chi connectivity index (χ4v) is 2.35. The van der Waals surface area contributed by atoms with Gasteiger partial charge in [0.1, 0.15) is 5.75 Å². The van der Waals surface area contributed by atoms with E-state index in [0.29, 0.717) is 24.5 Å². The second-order valence-corrected chi connectivity index (χ2v) is 5.14. The van der Waals surface area contributed by atoms with Gasteiger partial charge >= 0.3 is 0 Å². The van der Waals surface area contributed by atoms with Gasteiger partial charge in [-0.15, -0.1) is 0 Å². The highest BCUT2D eigenvalue weighted by molar-refractivity contribution is 7.84. The number of ether oxygens (including phenoxy) is 1. The molecular weight excluding hydrogens is 224 g/mol. The van der Waals surface area contributed by atoms with Crippen LogP contribution in [-0.4, -0.2) is 34.0 Å². The van der Waals surface area contributed by atoms with Crippen LogP contribution in [0.2, 0.25) is 0 Å². The van der Waals surface area contributed by atoms with Crippen molar-refractivity contribution in [3.05, 3.63) is 30.3 Å². The number of rotatable bonds is 8. The van der Waals surface area contributed by atoms with E-state index in [4.69, 9.17) is 9.84 Å². The minimum atomic E-state index is -0.818. The largest absolute Gasteiger partial charge is 0.494 e. The Bertz CT molecular complexity index is 300. The van der Waals surface area contributed by atoms with E-state index in [1.807, 2.05) is 30.3 Å². The first-order valence-corrected chi connectivity index (χ1v) is 6.95. The van der Waals surface area contributed by atoms with Crippen LogP contribution in [0.15, 0.2) is 30.3 Å². The van der Waals surface area contributed by atoms with Crippen LogP contribution in [-0.2, 0) is 10.8 Å². The van der Waals surface area contributed by atoms with Gasteiger partial charge in [0.15, 0.2) is 0 Å². The highest BCUT2D eigenvalue weighted by atomic mass is 32.2. The van der Waals surface area contributed by atoms with Crippen LogP contribution in [0.3, 0.4) is 0 Å². The molecule has 0 spiro atoms. The van der Waals surface area contributed by atoms with Gasteiger partial charge in [0, 0.05) is 28.9 Å². The summed E-state index contributed by atoms with van der Waals surface area (Å²) in [6.45, 7) is 0.709. The van der Waals surface area contributed by atoms with Gasteiger partial charge in [-0.2, -0.15) is 0 Å². The maximum Gasteiger partial charge on any atom is 0.119 e. The molecule has 0 aliphatic carbocycles. The molecule has 0 bridgehead atoms. The molecular formula is C12H18O3S. The van der Waals surface area contributed by atoms with Crippen LogP contribution in [0, 0.1) is 0 Å². The second kappa shape index (κ2) is 8.30. The molecule has 1 aromatic rings. The molecule has 0 fully saturated rings. The summed E-state index contributed by atoms with van der Waals surface area (Å²) in [5.41, 5.74) is 0. The minimum Gasteiger partial charge on any atom is -0.494 e. The van der Waals surface area contributed by atoms with Crippen LogP contribution in [0.5, 0.6) is 5.75 Å². The molecule has 0 heterocycles. The fraction of sp³-hybridized carbons (Fsp3) is 0.500. The van der Waals surface area contributed by atoms with Gasteiger partial charge in [-0.1, -0.05) is 18.2 Å². The molecule has 1 rings (SSSR count). The van der Waals surface area contributed by atoms with Gasteiger partial charge in [-0.25, -0.2) is 0 Å². The Kier molecular flexibility index (Phi) is 6.85. The van der Waals surface area contributed by atoms with Crippen molar-refractivity contribution in [2.45, 2.75) is 12.8 Å². The average molecular weight is 242 g/mol. The third-order valence-electron chi connectivity index (χ3n) is 2.06. The predicted molar refractivity (Wildman–Crippen MR) is 66.1 cm³/mol. The summed E-state index contributed by atoms with van der Waals surface area (Å²) in [6.07, 6.45) is 1.40. The number of hydrogen-bond donors (Lipinski definition) is 1. The molecule has 0 amide bonds. The van der Waals surface area contributed by atoms with Crippen molar-refractivity contribution in [1.82, 2.24) is 0 Å². The maximum absolute atomic E-state index is 11.4. The lowest BCUT2D eigenvalue weighted by molar-refractivity contribution is 0.296. The van der Waals surface area contributed by atoms with E-state index < -0.39 is 10.8 Å². The Hall–Kier alpha value is -0.870. The number of aliphatic hydroxyl groups is 1. The lowest BCUT2D eigenvalue weighted by Crippen LogP contribution is -2.08. The maximum atomic E-state index is 11.4. The number of hydrogen-bond acceptors (Lipinski definition) is 3. The highest BCUT2D eigenvalue weighted by Crippen LogP contribution is 2.08. The van der Waals surface area contributed by atoms with Crippen molar-refractivity contribution in [1.29, 1.82) is 0 Å². The molecule has 3 nitrogen and oxygen atoms in total. The van der Waals surface area contributed by atoms with Crippen LogP contribution in [0.25, 0.3) is 0 Å². The average Bonchev–Trinajstić information content (AvgIpc) is 2.33. The van der Waals surface area contributed by atoms with E-state index in [-0.39, 0.29) is 6.61 Å². The fourth-order valence-electron chi connectivity index (χ4n) is 1.25. The molecule has 4 heteroatoms. The van der Waals surface area contributed by atoms with Gasteiger partial charge < -0.3 is 9.84 Å². The number of para-hydroxylation sites is 1. The van der Waals surface area contributed by atoms with Crippen LogP contribution in [0.1, 0.15) is 12.8 Å². The zero-order valence-electron chi connectivity index (χ0n) is 9.30. The summed E-state index contributed by atoms with van der Waals surface area (Å²) >= 11 is 0. The zero-order chi connectivity index (χ0) is 11.6. The van der Waals surface area contributed by atoms with E-state index in [9.17, 15) is 4.21 Å². The molecule has 1 unspecified atom stereocenters. The molecule has 0 aliphatic heterocycles. The zero-order valence-corrected chi connectivity index (χ0v) is 10.1. The summed E-state index contributed by atoms with van der Waals surface area (Å²) in [5, 5.41) is 8.58. The molecule has 1 aromatic carbocycles. The monoisotopic (exact) mass is 242 g/mol. The van der Waals surface area contributed by atoms with E-state index in [0.717, 1.165) is 12.2 Å². The smallest absolute Gasteiger partial charge is 0.119 e. The SMILES string of the molecule is O=S(CCCO)CCCOc1ccccc1. The van der Waals surface area contributed by atoms with E-state index in [1.165, 1.54) is 0 Å². The highest BCUT2D eigenvalue weighted by Gasteiger charge is 1.99. The Balaban J connectivity index is 2.06. The summed E-state index contributed by atoms with van der Waals surface area (Å²) < 4.78 is 16.8. The van der Waals surface area contributed by atoms with E-state index in [1.54, 1.807) is 0 Å². The third kappa shape index (κ3) is 5.88. The van der Waals surface area contributed by atoms with Crippen molar-refractivity contribution in [2.75, 3.05) is 24.7 Å². The quantitative estimate of drug-likeness (QED) is 0.704. The van der Waals surface area contributed by atoms with Crippen molar-refractivity contribution < 1.29 is 14.1 Å². The normalized spacial score (nSPS) is 12.3. The number of aliphatic hydroxyl groups excluding tert-OH is 1. The summed E-state index contributed by atoms with van der Waals surface area (Å²) in [5.74, 6) is 2.08. The van der Waals surface area contributed by atoms with Crippen LogP contribution >= 0.6 is 0 Å². The molecule has 1 atom stereocenters. The summed E-state index contributed by atoms with van der Waals surface area (Å²) in [7, 11) is -0.818. The van der Waals surface area contributed by atoms with Crippen LogP contribution < -0.4 is 4.74 Å². The summed E-state index contributed by atoms with van der Waals surface area (Å²) in [6, 6.07) is 9.60. The van der Waals surface area contributed by atoms with Gasteiger partial charge in [-0.05, 0) is 25.0 Å². The first-order chi connectivity index (χ1) is 7.83. The van der Waals surface area contributed by atoms with Crippen molar-refractivity contribution in [2.24, 2.45) is 0 Å². The first-order valence-electron chi connectivity index (χ1n) is 5.46. The Morgan fingerprint density at radius 3 is 2.50 bits per heavy atom. The van der Waals surface area contributed by atoms with Crippen LogP contribution in [0.4, 0.5) is 0 Å². The van der Waals surface area contributed by atoms with Crippen molar-refractivity contribution >= 4 is 10.8 Å². The standard InChI is InChI=1S/C12H18O3S/c13-8-4-10-16(14)11-5-9-15-12-6-2-1-3-7-12/h1-3,6-7,13H,4-5,8-11H2. The van der Waals surface area contributed by atoms with Gasteiger partial charge in [0.05, 0.1) is 6.61 Å². The third-order valence-corrected chi connectivity index (χ3v) is 3.55. The molecule has 0 aliphatic rings. The van der Waals surface area contributed by atoms with Crippen molar-refractivity contribution in [3.8, 4) is 5.75 Å². The second-order valence-electron chi connectivity index (χ2n) is 3.44. The molecule has 90 valence electrons. The topological polar surface area (TPSA) is 46.5 Å². The molecule has 0 aromatic heterocycles. The molecule has 0 saturated carbocycles. The van der Waals surface area contributed by atoms with Gasteiger partial charge in [0.2, 0.25) is 0 Å². The van der Waals surface area contributed by atoms with E-state index >= 15 is 0 Å². The molecule has 1 N–H and O–H groups in total. The van der Waals surface area contributed by atoms with Gasteiger partial charge in [0.25, 0.3) is 0 Å². The lowest BCUT2D eigenvalue weighted by atomic mass is 10.3. The Labute approximate surface area is 98.9 Å². The van der Waals surface area contributed by atoms with E-state index in [2.05, 4.69) is 0 Å². The predicted octanol–water partition coefficient (Wildman–Crippen LogP) is 1.59. The number of benzene rings is 1. The first kappa shape index (κ1) is 13.2. The molecule has 0 radical (unpaired) electrons. The Morgan fingerprint density at radius 1 is 1.12 bits per heavy atom. The van der Waals surface area contributed by atoms with Gasteiger partial charge in [-0.3, -0.25) is 4.21 Å². The summed E-state index contributed by atoms with van der Waals surface area (Å²) in [4.78, 5) is 0. The molecule has 0 saturated heterocycles. The lowest BCUT2D eigenvalue weighted by Gasteiger charge is -2.05.